The molecule has 3 rings (SSSR count). The fourth-order valence-electron chi connectivity index (χ4n) is 3.25. The molecule has 0 unspecified atom stereocenters. The first kappa shape index (κ1) is 20.1. The van der Waals surface area contributed by atoms with Crippen molar-refractivity contribution in [1.29, 1.82) is 0 Å². The Morgan fingerprint density at radius 2 is 2.07 bits per heavy atom. The van der Waals surface area contributed by atoms with Crippen LogP contribution in [0.5, 0.6) is 0 Å². The molecule has 28 heavy (non-hydrogen) atoms. The number of ether oxygens (including phenoxy) is 1. The van der Waals surface area contributed by atoms with E-state index in [-0.39, 0.29) is 6.04 Å². The maximum atomic E-state index is 11.8. The van der Waals surface area contributed by atoms with Gasteiger partial charge < -0.3 is 21.1 Å². The lowest BCUT2D eigenvalue weighted by molar-refractivity contribution is 0.100. The third kappa shape index (κ3) is 4.25. The van der Waals surface area contributed by atoms with Gasteiger partial charge in [0, 0.05) is 35.8 Å². The number of likely N-dealkylation sites (N-methyl/N-ethyl adjacent to an activating group) is 1. The average Bonchev–Trinajstić information content (AvgIpc) is 2.68. The highest BCUT2D eigenvalue weighted by atomic mass is 35.5. The Hall–Kier alpha value is -2.67. The van der Waals surface area contributed by atoms with Crippen molar-refractivity contribution in [2.75, 3.05) is 26.0 Å². The van der Waals surface area contributed by atoms with E-state index in [0.717, 1.165) is 22.2 Å². The molecule has 0 aliphatic carbocycles. The van der Waals surface area contributed by atoms with Crippen LogP contribution in [0.1, 0.15) is 27.5 Å². The van der Waals surface area contributed by atoms with E-state index < -0.39 is 5.91 Å². The summed E-state index contributed by atoms with van der Waals surface area (Å²) in [5, 5.41) is 8.29. The largest absolute Gasteiger partial charge is 0.380 e. The number of nitrogens with two attached hydrogens (primary N) is 1. The van der Waals surface area contributed by atoms with Gasteiger partial charge in [-0.2, -0.15) is 0 Å². The van der Waals surface area contributed by atoms with E-state index in [1.54, 1.807) is 25.4 Å². The predicted octanol–water partition coefficient (Wildman–Crippen LogP) is 3.51. The van der Waals surface area contributed by atoms with Crippen molar-refractivity contribution in [2.45, 2.75) is 12.6 Å². The number of methoxy groups -OCH3 is 1. The number of halogens is 1. The summed E-state index contributed by atoms with van der Waals surface area (Å²) in [6, 6.07) is 13.1. The number of anilines is 1. The fraction of sp³-hybridized carbons (Fsp3) is 0.238. The van der Waals surface area contributed by atoms with Gasteiger partial charge in [-0.3, -0.25) is 9.78 Å². The topological polar surface area (TPSA) is 89.3 Å². The first-order chi connectivity index (χ1) is 13.5. The number of aromatic nitrogens is 1. The number of carbonyl (C=O) groups excluding carboxylic acids is 1. The fourth-order valence-corrected chi connectivity index (χ4v) is 3.45. The third-order valence-corrected chi connectivity index (χ3v) is 4.75. The molecular formula is C21H23ClN4O2. The van der Waals surface area contributed by atoms with Crippen molar-refractivity contribution in [2.24, 2.45) is 5.73 Å². The van der Waals surface area contributed by atoms with E-state index in [0.29, 0.717) is 29.3 Å². The molecule has 1 amide bonds. The molecule has 0 radical (unpaired) electrons. The molecule has 4 N–H and O–H groups in total. The van der Waals surface area contributed by atoms with E-state index in [2.05, 4.69) is 15.6 Å². The Balaban J connectivity index is 2.14. The second-order valence-electron chi connectivity index (χ2n) is 6.47. The minimum atomic E-state index is -0.509. The number of pyridine rings is 1. The van der Waals surface area contributed by atoms with Crippen LogP contribution in [0, 0.1) is 0 Å². The van der Waals surface area contributed by atoms with E-state index in [4.69, 9.17) is 22.1 Å². The molecular weight excluding hydrogens is 376 g/mol. The summed E-state index contributed by atoms with van der Waals surface area (Å²) in [7, 11) is 3.53. The Kier molecular flexibility index (Phi) is 6.46. The Bertz CT molecular complexity index is 993. The van der Waals surface area contributed by atoms with Crippen LogP contribution in [0.4, 0.5) is 5.69 Å². The van der Waals surface area contributed by atoms with Crippen LogP contribution in [-0.2, 0) is 11.3 Å². The number of fused-ring (bicyclic) bond motifs is 1. The van der Waals surface area contributed by atoms with Gasteiger partial charge in [0.05, 0.1) is 29.4 Å². The maximum absolute atomic E-state index is 11.8. The van der Waals surface area contributed by atoms with Crippen molar-refractivity contribution in [3.8, 4) is 0 Å². The predicted molar refractivity (Wildman–Crippen MR) is 113 cm³/mol. The van der Waals surface area contributed by atoms with Crippen LogP contribution >= 0.6 is 11.6 Å². The number of hydrogen-bond acceptors (Lipinski definition) is 5. The minimum absolute atomic E-state index is 0.0536. The van der Waals surface area contributed by atoms with Crippen LogP contribution in [0.15, 0.2) is 48.7 Å². The first-order valence-electron chi connectivity index (χ1n) is 8.91. The summed E-state index contributed by atoms with van der Waals surface area (Å²) < 4.78 is 5.35. The first-order valence-corrected chi connectivity index (χ1v) is 9.29. The van der Waals surface area contributed by atoms with Gasteiger partial charge in [0.25, 0.3) is 5.91 Å². The number of nitrogens with zero attached hydrogens (tertiary/aromatic N) is 1. The molecule has 0 spiro atoms. The molecule has 0 saturated carbocycles. The Morgan fingerprint density at radius 3 is 2.75 bits per heavy atom. The summed E-state index contributed by atoms with van der Waals surface area (Å²) >= 11 is 6.19. The van der Waals surface area contributed by atoms with Crippen LogP contribution in [0.25, 0.3) is 10.9 Å². The van der Waals surface area contributed by atoms with Gasteiger partial charge in [-0.15, -0.1) is 0 Å². The minimum Gasteiger partial charge on any atom is -0.380 e. The zero-order chi connectivity index (χ0) is 20.1. The van der Waals surface area contributed by atoms with Crippen LogP contribution in [0.3, 0.4) is 0 Å². The molecule has 0 aliphatic heterocycles. The zero-order valence-electron chi connectivity index (χ0n) is 15.8. The van der Waals surface area contributed by atoms with Gasteiger partial charge >= 0.3 is 0 Å². The van der Waals surface area contributed by atoms with Crippen LogP contribution < -0.4 is 16.4 Å². The SMILES string of the molecule is CNC[C@@H](Nc1c(COC)cnc2c(C(N)=O)cccc12)c1cccc(Cl)c1. The van der Waals surface area contributed by atoms with E-state index >= 15 is 0 Å². The number of carbonyl (C=O) groups is 1. The van der Waals surface area contributed by atoms with E-state index in [1.807, 2.05) is 37.4 Å². The van der Waals surface area contributed by atoms with Crippen molar-refractivity contribution >= 4 is 34.1 Å². The molecule has 0 fully saturated rings. The number of rotatable bonds is 8. The number of para-hydroxylation sites is 1. The van der Waals surface area contributed by atoms with Crippen molar-refractivity contribution in [1.82, 2.24) is 10.3 Å². The molecule has 0 aliphatic rings. The summed E-state index contributed by atoms with van der Waals surface area (Å²) in [5.41, 5.74) is 9.27. The van der Waals surface area contributed by atoms with Gasteiger partial charge in [0.2, 0.25) is 0 Å². The summed E-state index contributed by atoms with van der Waals surface area (Å²) in [4.78, 5) is 16.3. The standard InChI is InChI=1S/C21H23ClN4O2/c1-24-11-18(13-5-3-6-15(22)9-13)26-19-14(12-28-2)10-25-20-16(19)7-4-8-17(20)21(23)27/h3-10,18,24H,11-12H2,1-2H3,(H2,23,27)(H,25,26)/t18-/m1/s1. The number of benzene rings is 2. The average molecular weight is 399 g/mol. The van der Waals surface area contributed by atoms with Gasteiger partial charge in [-0.05, 0) is 30.8 Å². The number of nitrogens with one attached hydrogen (secondary N) is 2. The molecule has 146 valence electrons. The molecule has 1 aromatic heterocycles. The highest BCUT2D eigenvalue weighted by Crippen LogP contribution is 2.32. The normalized spacial score (nSPS) is 12.1. The van der Waals surface area contributed by atoms with Gasteiger partial charge in [-0.25, -0.2) is 0 Å². The van der Waals surface area contributed by atoms with Crippen molar-refractivity contribution in [3.05, 3.63) is 70.4 Å². The van der Waals surface area contributed by atoms with Gasteiger partial charge in [0.15, 0.2) is 0 Å². The van der Waals surface area contributed by atoms with Gasteiger partial charge in [-0.1, -0.05) is 35.9 Å². The molecule has 0 bridgehead atoms. The number of hydrogen-bond donors (Lipinski definition) is 3. The molecule has 0 saturated heterocycles. The van der Waals surface area contributed by atoms with E-state index in [9.17, 15) is 4.79 Å². The zero-order valence-corrected chi connectivity index (χ0v) is 16.6. The molecule has 1 atom stereocenters. The van der Waals surface area contributed by atoms with Gasteiger partial charge in [0.1, 0.15) is 0 Å². The molecule has 6 nitrogen and oxygen atoms in total. The number of amides is 1. The lowest BCUT2D eigenvalue weighted by Gasteiger charge is -2.23. The third-order valence-electron chi connectivity index (χ3n) is 4.52. The maximum Gasteiger partial charge on any atom is 0.250 e. The van der Waals surface area contributed by atoms with E-state index in [1.165, 1.54) is 0 Å². The molecule has 2 aromatic carbocycles. The second kappa shape index (κ2) is 9.01. The smallest absolute Gasteiger partial charge is 0.250 e. The lowest BCUT2D eigenvalue weighted by Crippen LogP contribution is -2.24. The molecule has 3 aromatic rings. The number of primary amides is 1. The summed E-state index contributed by atoms with van der Waals surface area (Å²) in [6.07, 6.45) is 1.72. The lowest BCUT2D eigenvalue weighted by atomic mass is 10.0. The molecule has 7 heteroatoms. The second-order valence-corrected chi connectivity index (χ2v) is 6.90. The highest BCUT2D eigenvalue weighted by molar-refractivity contribution is 6.30. The summed E-state index contributed by atoms with van der Waals surface area (Å²) in [5.74, 6) is -0.509. The van der Waals surface area contributed by atoms with Crippen LogP contribution in [-0.4, -0.2) is 31.6 Å². The summed E-state index contributed by atoms with van der Waals surface area (Å²) in [6.45, 7) is 1.06. The van der Waals surface area contributed by atoms with Crippen molar-refractivity contribution < 1.29 is 9.53 Å². The van der Waals surface area contributed by atoms with Crippen molar-refractivity contribution in [3.63, 3.8) is 0 Å². The molecule has 1 heterocycles. The highest BCUT2D eigenvalue weighted by Gasteiger charge is 2.18. The monoisotopic (exact) mass is 398 g/mol. The Labute approximate surface area is 169 Å². The van der Waals surface area contributed by atoms with Crippen LogP contribution in [0.2, 0.25) is 5.02 Å². The Morgan fingerprint density at radius 1 is 1.29 bits per heavy atom. The quantitative estimate of drug-likeness (QED) is 0.540.